The van der Waals surface area contributed by atoms with E-state index in [0.717, 1.165) is 24.5 Å². The quantitative estimate of drug-likeness (QED) is 0.903. The molecule has 112 valence electrons. The highest BCUT2D eigenvalue weighted by Gasteiger charge is 2.24. The van der Waals surface area contributed by atoms with Crippen LogP contribution in [0.1, 0.15) is 45.6 Å². The number of hydrogen-bond donors (Lipinski definition) is 1. The third kappa shape index (κ3) is 4.13. The number of hydrogen-bond acceptors (Lipinski definition) is 2. The Bertz CT molecular complexity index is 454. The maximum atomic E-state index is 6.49. The fourth-order valence-corrected chi connectivity index (χ4v) is 3.29. The molecule has 3 heteroatoms. The monoisotopic (exact) mass is 294 g/mol. The van der Waals surface area contributed by atoms with Crippen molar-refractivity contribution in [2.45, 2.75) is 52.5 Å². The van der Waals surface area contributed by atoms with Crippen LogP contribution in [0.4, 0.5) is 5.69 Å². The number of halogens is 1. The molecular weight excluding hydrogens is 268 g/mol. The van der Waals surface area contributed by atoms with Crippen molar-refractivity contribution in [3.05, 3.63) is 28.8 Å². The first-order valence-electron chi connectivity index (χ1n) is 7.66. The van der Waals surface area contributed by atoms with Gasteiger partial charge >= 0.3 is 0 Å². The molecule has 1 aliphatic heterocycles. The fourth-order valence-electron chi connectivity index (χ4n) is 2.97. The summed E-state index contributed by atoms with van der Waals surface area (Å²) in [5, 5.41) is 0.864. The summed E-state index contributed by atoms with van der Waals surface area (Å²) < 4.78 is 0. The highest BCUT2D eigenvalue weighted by atomic mass is 35.5. The van der Waals surface area contributed by atoms with Gasteiger partial charge < -0.3 is 10.6 Å². The van der Waals surface area contributed by atoms with Crippen LogP contribution in [0, 0.1) is 5.41 Å². The van der Waals surface area contributed by atoms with Crippen LogP contribution in [-0.4, -0.2) is 19.1 Å². The highest BCUT2D eigenvalue weighted by Crippen LogP contribution is 2.34. The lowest BCUT2D eigenvalue weighted by molar-refractivity contribution is 0.325. The molecule has 0 spiro atoms. The minimum Gasteiger partial charge on any atom is -0.370 e. The molecule has 0 aromatic heterocycles. The Kier molecular flexibility index (Phi) is 4.98. The Balaban J connectivity index is 2.12. The lowest BCUT2D eigenvalue weighted by Crippen LogP contribution is -2.25. The SMILES string of the molecule is CC(N)Cc1ccc(N2CCCC(C)(C)CC2)c(Cl)c1. The number of benzene rings is 1. The van der Waals surface area contributed by atoms with Crippen LogP contribution in [0.25, 0.3) is 0 Å². The molecule has 2 rings (SSSR count). The van der Waals surface area contributed by atoms with E-state index in [9.17, 15) is 0 Å². The Hall–Kier alpha value is -0.730. The lowest BCUT2D eigenvalue weighted by Gasteiger charge is -2.26. The van der Waals surface area contributed by atoms with Crippen LogP contribution in [0.5, 0.6) is 0 Å². The van der Waals surface area contributed by atoms with Gasteiger partial charge in [0.25, 0.3) is 0 Å². The number of anilines is 1. The summed E-state index contributed by atoms with van der Waals surface area (Å²) in [6.45, 7) is 8.96. The van der Waals surface area contributed by atoms with Gasteiger partial charge in [0.2, 0.25) is 0 Å². The van der Waals surface area contributed by atoms with Crippen molar-refractivity contribution in [2.24, 2.45) is 11.1 Å². The van der Waals surface area contributed by atoms with Gasteiger partial charge in [0, 0.05) is 19.1 Å². The first-order chi connectivity index (χ1) is 9.37. The molecule has 1 aliphatic rings. The second kappa shape index (κ2) is 6.36. The number of nitrogens with two attached hydrogens (primary N) is 1. The summed E-state index contributed by atoms with van der Waals surface area (Å²) >= 11 is 6.49. The molecule has 1 aromatic carbocycles. The molecule has 0 radical (unpaired) electrons. The van der Waals surface area contributed by atoms with Gasteiger partial charge in [-0.1, -0.05) is 31.5 Å². The molecule has 2 N–H and O–H groups in total. The summed E-state index contributed by atoms with van der Waals surface area (Å²) in [4.78, 5) is 2.44. The summed E-state index contributed by atoms with van der Waals surface area (Å²) in [7, 11) is 0. The van der Waals surface area contributed by atoms with E-state index >= 15 is 0 Å². The first-order valence-corrected chi connectivity index (χ1v) is 8.04. The molecule has 20 heavy (non-hydrogen) atoms. The normalized spacial score (nSPS) is 20.6. The molecule has 2 nitrogen and oxygen atoms in total. The van der Waals surface area contributed by atoms with Gasteiger partial charge in [0.15, 0.2) is 0 Å². The maximum Gasteiger partial charge on any atom is 0.0642 e. The van der Waals surface area contributed by atoms with Crippen molar-refractivity contribution >= 4 is 17.3 Å². The van der Waals surface area contributed by atoms with Crippen molar-refractivity contribution in [3.63, 3.8) is 0 Å². The smallest absolute Gasteiger partial charge is 0.0642 e. The second-order valence-corrected chi connectivity index (χ2v) is 7.38. The standard InChI is InChI=1S/C17H27ClN2/c1-13(19)11-14-5-6-16(15(18)12-14)20-9-4-7-17(2,3)8-10-20/h5-6,12-13H,4,7-11,19H2,1-3H3. The molecule has 1 fully saturated rings. The van der Waals surface area contributed by atoms with Crippen LogP contribution in [0.2, 0.25) is 5.02 Å². The molecule has 0 bridgehead atoms. The summed E-state index contributed by atoms with van der Waals surface area (Å²) in [5.41, 5.74) is 8.71. The summed E-state index contributed by atoms with van der Waals surface area (Å²) in [6.07, 6.45) is 4.65. The number of nitrogens with zero attached hydrogens (tertiary/aromatic N) is 1. The van der Waals surface area contributed by atoms with Crippen molar-refractivity contribution < 1.29 is 0 Å². The minimum absolute atomic E-state index is 0.177. The van der Waals surface area contributed by atoms with E-state index in [2.05, 4.69) is 36.9 Å². The van der Waals surface area contributed by atoms with E-state index in [4.69, 9.17) is 17.3 Å². The van der Waals surface area contributed by atoms with E-state index in [1.807, 2.05) is 6.92 Å². The van der Waals surface area contributed by atoms with Gasteiger partial charge in [-0.05, 0) is 55.7 Å². The average Bonchev–Trinajstić information content (AvgIpc) is 2.50. The average molecular weight is 295 g/mol. The second-order valence-electron chi connectivity index (χ2n) is 6.97. The zero-order valence-electron chi connectivity index (χ0n) is 13.0. The predicted octanol–water partition coefficient (Wildman–Crippen LogP) is 4.25. The summed E-state index contributed by atoms with van der Waals surface area (Å²) in [6, 6.07) is 6.59. The van der Waals surface area contributed by atoms with Crippen molar-refractivity contribution in [3.8, 4) is 0 Å². The zero-order valence-corrected chi connectivity index (χ0v) is 13.7. The minimum atomic E-state index is 0.177. The van der Waals surface area contributed by atoms with E-state index in [-0.39, 0.29) is 6.04 Å². The van der Waals surface area contributed by atoms with E-state index in [1.54, 1.807) is 0 Å². The zero-order chi connectivity index (χ0) is 14.8. The Morgan fingerprint density at radius 2 is 2.05 bits per heavy atom. The van der Waals surface area contributed by atoms with Crippen molar-refractivity contribution in [2.75, 3.05) is 18.0 Å². The van der Waals surface area contributed by atoms with Crippen molar-refractivity contribution in [1.82, 2.24) is 0 Å². The Morgan fingerprint density at radius 3 is 2.70 bits per heavy atom. The maximum absolute atomic E-state index is 6.49. The van der Waals surface area contributed by atoms with Crippen molar-refractivity contribution in [1.29, 1.82) is 0 Å². The summed E-state index contributed by atoms with van der Waals surface area (Å²) in [5.74, 6) is 0. The molecule has 1 saturated heterocycles. The fraction of sp³-hybridized carbons (Fsp3) is 0.647. The molecule has 1 heterocycles. The van der Waals surface area contributed by atoms with Gasteiger partial charge in [0.1, 0.15) is 0 Å². The molecule has 1 atom stereocenters. The predicted molar refractivity (Wildman–Crippen MR) is 88.7 cm³/mol. The van der Waals surface area contributed by atoms with E-state index in [0.29, 0.717) is 5.41 Å². The molecule has 1 unspecified atom stereocenters. The third-order valence-electron chi connectivity index (χ3n) is 4.25. The highest BCUT2D eigenvalue weighted by molar-refractivity contribution is 6.33. The molecule has 0 aliphatic carbocycles. The van der Waals surface area contributed by atoms with Crippen LogP contribution < -0.4 is 10.6 Å². The number of rotatable bonds is 3. The van der Waals surface area contributed by atoms with E-state index in [1.165, 1.54) is 30.5 Å². The molecule has 1 aromatic rings. The van der Waals surface area contributed by atoms with E-state index < -0.39 is 0 Å². The Morgan fingerprint density at radius 1 is 1.30 bits per heavy atom. The van der Waals surface area contributed by atoms with Crippen LogP contribution in [-0.2, 0) is 6.42 Å². The van der Waals surface area contributed by atoms with Gasteiger partial charge in [-0.2, -0.15) is 0 Å². The van der Waals surface area contributed by atoms with Crippen LogP contribution in [0.3, 0.4) is 0 Å². The van der Waals surface area contributed by atoms with Gasteiger partial charge in [-0.3, -0.25) is 0 Å². The molecular formula is C17H27ClN2. The van der Waals surface area contributed by atoms with Crippen LogP contribution in [0.15, 0.2) is 18.2 Å². The largest absolute Gasteiger partial charge is 0.370 e. The van der Waals surface area contributed by atoms with Gasteiger partial charge in [-0.15, -0.1) is 0 Å². The molecule has 0 saturated carbocycles. The Labute approximate surface area is 128 Å². The lowest BCUT2D eigenvalue weighted by atomic mass is 9.85. The molecule has 0 amide bonds. The van der Waals surface area contributed by atoms with Gasteiger partial charge in [-0.25, -0.2) is 0 Å². The van der Waals surface area contributed by atoms with Crippen LogP contribution >= 0.6 is 11.6 Å². The topological polar surface area (TPSA) is 29.3 Å². The first kappa shape index (κ1) is 15.7. The third-order valence-corrected chi connectivity index (χ3v) is 4.55. The van der Waals surface area contributed by atoms with Gasteiger partial charge in [0.05, 0.1) is 10.7 Å².